The fraction of sp³-hybridized carbons (Fsp3) is 0.238. The van der Waals surface area contributed by atoms with Crippen molar-refractivity contribution >= 4 is 11.6 Å². The quantitative estimate of drug-likeness (QED) is 0.557. The van der Waals surface area contributed by atoms with Gasteiger partial charge in [0.15, 0.2) is 0 Å². The van der Waals surface area contributed by atoms with Crippen LogP contribution < -0.4 is 9.64 Å². The Labute approximate surface area is 161 Å². The molecule has 1 heterocycles. The summed E-state index contributed by atoms with van der Waals surface area (Å²) in [5.74, 6) is -0.323. The number of benzene rings is 2. The molecule has 0 saturated heterocycles. The maximum absolute atomic E-state index is 13.4. The van der Waals surface area contributed by atoms with Crippen LogP contribution in [0, 0.1) is 6.92 Å². The summed E-state index contributed by atoms with van der Waals surface area (Å²) in [7, 11) is 0. The summed E-state index contributed by atoms with van der Waals surface area (Å²) >= 11 is 0. The van der Waals surface area contributed by atoms with E-state index in [9.17, 15) is 13.2 Å². The first-order valence-corrected chi connectivity index (χ1v) is 8.83. The SMILES string of the molecule is CCN(c1cccc(C)c1)c1ncc(C(F)(F)F)c(OCc2ccccc2)n1. The Morgan fingerprint density at radius 1 is 1.04 bits per heavy atom. The van der Waals surface area contributed by atoms with Gasteiger partial charge in [-0.25, -0.2) is 4.98 Å². The number of nitrogens with zero attached hydrogens (tertiary/aromatic N) is 3. The highest BCUT2D eigenvalue weighted by molar-refractivity contribution is 5.58. The predicted octanol–water partition coefficient (Wildman–Crippen LogP) is 5.54. The van der Waals surface area contributed by atoms with Crippen LogP contribution in [-0.2, 0) is 12.8 Å². The Morgan fingerprint density at radius 2 is 1.79 bits per heavy atom. The van der Waals surface area contributed by atoms with Crippen LogP contribution in [0.1, 0.15) is 23.6 Å². The Kier molecular flexibility index (Phi) is 5.82. The maximum Gasteiger partial charge on any atom is 0.423 e. The number of aryl methyl sites for hydroxylation is 1. The van der Waals surface area contributed by atoms with E-state index in [1.807, 2.05) is 44.2 Å². The van der Waals surface area contributed by atoms with Crippen molar-refractivity contribution in [2.75, 3.05) is 11.4 Å². The van der Waals surface area contributed by atoms with E-state index in [0.29, 0.717) is 6.54 Å². The van der Waals surface area contributed by atoms with Gasteiger partial charge in [0.2, 0.25) is 11.8 Å². The Bertz CT molecular complexity index is 930. The van der Waals surface area contributed by atoms with Gasteiger partial charge in [-0.2, -0.15) is 18.2 Å². The van der Waals surface area contributed by atoms with Crippen LogP contribution in [0.5, 0.6) is 5.88 Å². The third-order valence-corrected chi connectivity index (χ3v) is 4.14. The van der Waals surface area contributed by atoms with E-state index in [1.165, 1.54) is 0 Å². The second-order valence-corrected chi connectivity index (χ2v) is 6.24. The molecule has 28 heavy (non-hydrogen) atoms. The molecule has 0 unspecified atom stereocenters. The summed E-state index contributed by atoms with van der Waals surface area (Å²) in [4.78, 5) is 9.80. The average molecular weight is 387 g/mol. The number of hydrogen-bond acceptors (Lipinski definition) is 4. The van der Waals surface area contributed by atoms with Crippen molar-refractivity contribution in [2.24, 2.45) is 0 Å². The normalized spacial score (nSPS) is 11.3. The zero-order valence-corrected chi connectivity index (χ0v) is 15.6. The fourth-order valence-corrected chi connectivity index (χ4v) is 2.75. The van der Waals surface area contributed by atoms with Crippen molar-refractivity contribution in [1.29, 1.82) is 0 Å². The van der Waals surface area contributed by atoms with Crippen molar-refractivity contribution in [1.82, 2.24) is 9.97 Å². The van der Waals surface area contributed by atoms with E-state index in [-0.39, 0.29) is 12.6 Å². The number of ether oxygens (including phenoxy) is 1. The third-order valence-electron chi connectivity index (χ3n) is 4.14. The molecule has 4 nitrogen and oxygen atoms in total. The van der Waals surface area contributed by atoms with Gasteiger partial charge in [-0.1, -0.05) is 42.5 Å². The van der Waals surface area contributed by atoms with Gasteiger partial charge in [0.05, 0.1) is 0 Å². The minimum absolute atomic E-state index is 0.0169. The summed E-state index contributed by atoms with van der Waals surface area (Å²) in [6.07, 6.45) is -3.83. The molecule has 0 atom stereocenters. The van der Waals surface area contributed by atoms with E-state index in [4.69, 9.17) is 4.74 Å². The molecular formula is C21H20F3N3O. The highest BCUT2D eigenvalue weighted by Crippen LogP contribution is 2.36. The number of anilines is 2. The molecule has 0 radical (unpaired) electrons. The van der Waals surface area contributed by atoms with Crippen molar-refractivity contribution in [3.8, 4) is 5.88 Å². The Balaban J connectivity index is 1.96. The van der Waals surface area contributed by atoms with Crippen LogP contribution in [0.25, 0.3) is 0 Å². The summed E-state index contributed by atoms with van der Waals surface area (Å²) in [6.45, 7) is 4.30. The zero-order valence-electron chi connectivity index (χ0n) is 15.6. The molecule has 7 heteroatoms. The van der Waals surface area contributed by atoms with Gasteiger partial charge in [-0.15, -0.1) is 0 Å². The summed E-state index contributed by atoms with van der Waals surface area (Å²) in [5, 5.41) is 0. The molecule has 0 N–H and O–H groups in total. The number of alkyl halides is 3. The topological polar surface area (TPSA) is 38.2 Å². The number of aromatic nitrogens is 2. The molecule has 0 saturated carbocycles. The molecule has 2 aromatic carbocycles. The van der Waals surface area contributed by atoms with Crippen LogP contribution in [0.2, 0.25) is 0 Å². The fourth-order valence-electron chi connectivity index (χ4n) is 2.75. The van der Waals surface area contributed by atoms with Crippen molar-refractivity contribution in [2.45, 2.75) is 26.6 Å². The van der Waals surface area contributed by atoms with E-state index in [0.717, 1.165) is 23.0 Å². The van der Waals surface area contributed by atoms with E-state index in [2.05, 4.69) is 9.97 Å². The van der Waals surface area contributed by atoms with Gasteiger partial charge < -0.3 is 9.64 Å². The van der Waals surface area contributed by atoms with E-state index < -0.39 is 17.6 Å². The van der Waals surface area contributed by atoms with Gasteiger partial charge in [-0.05, 0) is 37.1 Å². The summed E-state index contributed by atoms with van der Waals surface area (Å²) in [6, 6.07) is 16.6. The summed E-state index contributed by atoms with van der Waals surface area (Å²) < 4.78 is 45.6. The Morgan fingerprint density at radius 3 is 2.43 bits per heavy atom. The minimum Gasteiger partial charge on any atom is -0.472 e. The minimum atomic E-state index is -4.61. The van der Waals surface area contributed by atoms with Crippen LogP contribution in [-0.4, -0.2) is 16.5 Å². The van der Waals surface area contributed by atoms with E-state index in [1.54, 1.807) is 29.2 Å². The molecule has 146 valence electrons. The molecule has 3 aromatic rings. The highest BCUT2D eigenvalue weighted by atomic mass is 19.4. The van der Waals surface area contributed by atoms with Crippen molar-refractivity contribution < 1.29 is 17.9 Å². The lowest BCUT2D eigenvalue weighted by molar-refractivity contribution is -0.139. The van der Waals surface area contributed by atoms with Gasteiger partial charge >= 0.3 is 6.18 Å². The van der Waals surface area contributed by atoms with Gasteiger partial charge in [0.25, 0.3) is 0 Å². The largest absolute Gasteiger partial charge is 0.472 e. The first kappa shape index (κ1) is 19.7. The molecule has 0 amide bonds. The lowest BCUT2D eigenvalue weighted by Crippen LogP contribution is -2.21. The molecule has 0 aliphatic rings. The highest BCUT2D eigenvalue weighted by Gasteiger charge is 2.36. The van der Waals surface area contributed by atoms with Gasteiger partial charge in [-0.3, -0.25) is 0 Å². The molecule has 0 fully saturated rings. The van der Waals surface area contributed by atoms with Gasteiger partial charge in [0.1, 0.15) is 12.2 Å². The molecule has 0 bridgehead atoms. The lowest BCUT2D eigenvalue weighted by atomic mass is 10.2. The van der Waals surface area contributed by atoms with Crippen molar-refractivity contribution in [3.63, 3.8) is 0 Å². The number of hydrogen-bond donors (Lipinski definition) is 0. The lowest BCUT2D eigenvalue weighted by Gasteiger charge is -2.22. The van der Waals surface area contributed by atoms with Crippen LogP contribution in [0.3, 0.4) is 0 Å². The second kappa shape index (κ2) is 8.29. The molecule has 0 spiro atoms. The molecule has 3 rings (SSSR count). The first-order chi connectivity index (χ1) is 13.4. The second-order valence-electron chi connectivity index (χ2n) is 6.24. The smallest absolute Gasteiger partial charge is 0.423 e. The van der Waals surface area contributed by atoms with E-state index >= 15 is 0 Å². The summed E-state index contributed by atoms with van der Waals surface area (Å²) in [5.41, 5.74) is 1.59. The molecule has 0 aliphatic heterocycles. The number of halogens is 3. The van der Waals surface area contributed by atoms with Crippen molar-refractivity contribution in [3.05, 3.63) is 77.5 Å². The zero-order chi connectivity index (χ0) is 20.1. The molecular weight excluding hydrogens is 367 g/mol. The Hall–Kier alpha value is -3.09. The maximum atomic E-state index is 13.4. The average Bonchev–Trinajstić information content (AvgIpc) is 2.67. The predicted molar refractivity (Wildman–Crippen MR) is 102 cm³/mol. The van der Waals surface area contributed by atoms with Crippen LogP contribution in [0.4, 0.5) is 24.8 Å². The molecule has 1 aromatic heterocycles. The standard InChI is InChI=1S/C21H20F3N3O/c1-3-27(17-11-7-8-15(2)12-17)20-25-13-18(21(22,23)24)19(26-20)28-14-16-9-5-4-6-10-16/h4-13H,3,14H2,1-2H3. The van der Waals surface area contributed by atoms with Gasteiger partial charge in [0, 0.05) is 18.4 Å². The molecule has 0 aliphatic carbocycles. The number of rotatable bonds is 6. The van der Waals surface area contributed by atoms with Crippen LogP contribution >= 0.6 is 0 Å². The third kappa shape index (κ3) is 4.60. The monoisotopic (exact) mass is 387 g/mol. The first-order valence-electron chi connectivity index (χ1n) is 8.83. The van der Waals surface area contributed by atoms with Crippen LogP contribution in [0.15, 0.2) is 60.8 Å².